The number of aliphatic hydroxyl groups excluding tert-OH is 1. The van der Waals surface area contributed by atoms with Crippen molar-refractivity contribution >= 4 is 51.5 Å². The summed E-state index contributed by atoms with van der Waals surface area (Å²) in [6.45, 7) is 7.36. The third-order valence-corrected chi connectivity index (χ3v) is 7.19. The Morgan fingerprint density at radius 1 is 1.22 bits per heavy atom. The fraction of sp³-hybridized carbons (Fsp3) is 0.185. The highest BCUT2D eigenvalue weighted by Gasteiger charge is 2.48. The van der Waals surface area contributed by atoms with Gasteiger partial charge in [0, 0.05) is 10.6 Å². The van der Waals surface area contributed by atoms with Crippen LogP contribution >= 0.6 is 22.9 Å². The minimum atomic E-state index is -1.01. The number of rotatable bonds is 7. The van der Waals surface area contributed by atoms with E-state index < -0.39 is 23.7 Å². The molecule has 1 aliphatic heterocycles. The molecular formula is C27H23ClN2O6S. The first-order valence-electron chi connectivity index (χ1n) is 11.1. The van der Waals surface area contributed by atoms with Gasteiger partial charge in [0.15, 0.2) is 5.13 Å². The van der Waals surface area contributed by atoms with Crippen molar-refractivity contribution in [3.05, 3.63) is 93.0 Å². The van der Waals surface area contributed by atoms with Crippen LogP contribution in [0.5, 0.6) is 5.75 Å². The van der Waals surface area contributed by atoms with Gasteiger partial charge in [-0.1, -0.05) is 47.7 Å². The first-order valence-corrected chi connectivity index (χ1v) is 12.3. The number of ether oxygens (including phenoxy) is 2. The van der Waals surface area contributed by atoms with Crippen LogP contribution in [0.3, 0.4) is 0 Å². The number of nitrogens with zero attached hydrogens (tertiary/aromatic N) is 2. The van der Waals surface area contributed by atoms with E-state index in [1.807, 2.05) is 0 Å². The van der Waals surface area contributed by atoms with Gasteiger partial charge in [0.2, 0.25) is 0 Å². The Labute approximate surface area is 222 Å². The van der Waals surface area contributed by atoms with E-state index in [-0.39, 0.29) is 21.3 Å². The summed E-state index contributed by atoms with van der Waals surface area (Å²) in [5.41, 5.74) is 1.83. The summed E-state index contributed by atoms with van der Waals surface area (Å²) in [4.78, 5) is 44.6. The fourth-order valence-corrected chi connectivity index (χ4v) is 5.16. The molecule has 0 spiro atoms. The number of thiazole rings is 1. The van der Waals surface area contributed by atoms with Crippen LogP contribution in [0.2, 0.25) is 5.02 Å². The maximum Gasteiger partial charge on any atom is 0.350 e. The van der Waals surface area contributed by atoms with Crippen molar-refractivity contribution in [2.24, 2.45) is 0 Å². The number of Topliss-reactive ketones (excluding diaryl/α,β-unsaturated/α-hetero) is 1. The number of benzene rings is 2. The van der Waals surface area contributed by atoms with Crippen molar-refractivity contribution in [1.29, 1.82) is 0 Å². The predicted octanol–water partition coefficient (Wildman–Crippen LogP) is 5.39. The second-order valence-electron chi connectivity index (χ2n) is 8.20. The van der Waals surface area contributed by atoms with Gasteiger partial charge in [-0.05, 0) is 55.3 Å². The predicted molar refractivity (Wildman–Crippen MR) is 141 cm³/mol. The van der Waals surface area contributed by atoms with Crippen LogP contribution < -0.4 is 9.64 Å². The standard InChI is InChI=1S/C27H23ClN2O6S/c1-5-12-36-19-11-8-17(13-14(19)2)22(31)20-21(16-6-9-18(28)10-7-16)30(25(33)23(20)32)27-29-15(3)24(37-27)26(34)35-4/h5-11,13,21,31H,1,12H2,2-4H3. The molecule has 2 aromatic carbocycles. The van der Waals surface area contributed by atoms with Gasteiger partial charge in [-0.25, -0.2) is 9.78 Å². The summed E-state index contributed by atoms with van der Waals surface area (Å²) in [7, 11) is 1.25. The molecule has 0 radical (unpaired) electrons. The molecule has 1 N–H and O–H groups in total. The molecule has 1 amide bonds. The number of amides is 1. The van der Waals surface area contributed by atoms with Crippen LogP contribution in [0.15, 0.2) is 60.7 Å². The molecule has 0 aliphatic carbocycles. The Balaban J connectivity index is 1.89. The number of hydrogen-bond acceptors (Lipinski definition) is 8. The van der Waals surface area contributed by atoms with Crippen molar-refractivity contribution in [2.75, 3.05) is 18.6 Å². The normalized spacial score (nSPS) is 16.6. The number of ketones is 1. The summed E-state index contributed by atoms with van der Waals surface area (Å²) in [6, 6.07) is 10.5. The van der Waals surface area contributed by atoms with Crippen LogP contribution in [0.1, 0.15) is 38.1 Å². The number of anilines is 1. The molecule has 37 heavy (non-hydrogen) atoms. The lowest BCUT2D eigenvalue weighted by Gasteiger charge is -2.23. The average Bonchev–Trinajstić information content (AvgIpc) is 3.39. The van der Waals surface area contributed by atoms with Crippen molar-refractivity contribution in [3.63, 3.8) is 0 Å². The van der Waals surface area contributed by atoms with Crippen LogP contribution in [0, 0.1) is 13.8 Å². The lowest BCUT2D eigenvalue weighted by Crippen LogP contribution is -2.29. The second kappa shape index (κ2) is 10.6. The van der Waals surface area contributed by atoms with E-state index in [0.717, 1.165) is 16.9 Å². The Bertz CT molecular complexity index is 1440. The smallest absolute Gasteiger partial charge is 0.350 e. The lowest BCUT2D eigenvalue weighted by atomic mass is 9.95. The molecular weight excluding hydrogens is 516 g/mol. The van der Waals surface area contributed by atoms with E-state index in [1.54, 1.807) is 62.4 Å². The van der Waals surface area contributed by atoms with E-state index in [0.29, 0.717) is 34.2 Å². The van der Waals surface area contributed by atoms with Gasteiger partial charge in [0.05, 0.1) is 24.4 Å². The minimum Gasteiger partial charge on any atom is -0.507 e. The van der Waals surface area contributed by atoms with Crippen molar-refractivity contribution < 1.29 is 29.0 Å². The molecule has 2 heterocycles. The summed E-state index contributed by atoms with van der Waals surface area (Å²) >= 11 is 7.01. The lowest BCUT2D eigenvalue weighted by molar-refractivity contribution is -0.132. The minimum absolute atomic E-state index is 0.112. The summed E-state index contributed by atoms with van der Waals surface area (Å²) < 4.78 is 10.4. The maximum absolute atomic E-state index is 13.3. The molecule has 1 aromatic heterocycles. The number of esters is 1. The van der Waals surface area contributed by atoms with Crippen LogP contribution in [-0.4, -0.2) is 41.5 Å². The van der Waals surface area contributed by atoms with Crippen LogP contribution in [0.25, 0.3) is 5.76 Å². The molecule has 0 bridgehead atoms. The highest BCUT2D eigenvalue weighted by atomic mass is 35.5. The Morgan fingerprint density at radius 2 is 1.92 bits per heavy atom. The maximum atomic E-state index is 13.3. The number of aliphatic hydroxyl groups is 1. The second-order valence-corrected chi connectivity index (χ2v) is 9.62. The number of carbonyl (C=O) groups is 3. The van der Waals surface area contributed by atoms with E-state index in [1.165, 1.54) is 12.0 Å². The number of hydrogen-bond donors (Lipinski definition) is 1. The van der Waals surface area contributed by atoms with E-state index >= 15 is 0 Å². The van der Waals surface area contributed by atoms with Crippen LogP contribution in [-0.2, 0) is 14.3 Å². The molecule has 190 valence electrons. The van der Waals surface area contributed by atoms with Crippen molar-refractivity contribution in [3.8, 4) is 5.75 Å². The first kappa shape index (κ1) is 26.1. The van der Waals surface area contributed by atoms with Gasteiger partial charge >= 0.3 is 11.9 Å². The molecule has 1 atom stereocenters. The van der Waals surface area contributed by atoms with Crippen molar-refractivity contribution in [1.82, 2.24) is 4.98 Å². The van der Waals surface area contributed by atoms with Gasteiger partial charge in [-0.3, -0.25) is 14.5 Å². The molecule has 10 heteroatoms. The summed E-state index contributed by atoms with van der Waals surface area (Å²) in [5.74, 6) is -2.11. The highest BCUT2D eigenvalue weighted by Crippen LogP contribution is 2.44. The zero-order valence-electron chi connectivity index (χ0n) is 20.3. The van der Waals surface area contributed by atoms with E-state index in [9.17, 15) is 19.5 Å². The molecule has 0 saturated carbocycles. The van der Waals surface area contributed by atoms with Gasteiger partial charge in [0.1, 0.15) is 23.0 Å². The molecule has 1 saturated heterocycles. The third kappa shape index (κ3) is 4.87. The molecule has 1 unspecified atom stereocenters. The Morgan fingerprint density at radius 3 is 2.54 bits per heavy atom. The topological polar surface area (TPSA) is 106 Å². The van der Waals surface area contributed by atoms with E-state index in [2.05, 4.69) is 11.6 Å². The zero-order valence-corrected chi connectivity index (χ0v) is 21.9. The Hall–Kier alpha value is -3.95. The monoisotopic (exact) mass is 538 g/mol. The number of aryl methyl sites for hydroxylation is 2. The van der Waals surface area contributed by atoms with Gasteiger partial charge in [-0.15, -0.1) is 0 Å². The molecule has 1 aliphatic rings. The van der Waals surface area contributed by atoms with Gasteiger partial charge < -0.3 is 14.6 Å². The average molecular weight is 539 g/mol. The molecule has 8 nitrogen and oxygen atoms in total. The third-order valence-electron chi connectivity index (χ3n) is 5.80. The molecule has 4 rings (SSSR count). The Kier molecular flexibility index (Phi) is 7.47. The SMILES string of the molecule is C=CCOc1ccc(C(O)=C2C(=O)C(=O)N(c3nc(C)c(C(=O)OC)s3)C2c2ccc(Cl)cc2)cc1C. The van der Waals surface area contributed by atoms with Crippen LogP contribution in [0.4, 0.5) is 5.13 Å². The number of aromatic nitrogens is 1. The first-order chi connectivity index (χ1) is 17.7. The molecule has 3 aromatic rings. The number of carbonyl (C=O) groups excluding carboxylic acids is 3. The molecule has 1 fully saturated rings. The van der Waals surface area contributed by atoms with Gasteiger partial charge in [-0.2, -0.15) is 0 Å². The zero-order chi connectivity index (χ0) is 26.9. The van der Waals surface area contributed by atoms with Crippen molar-refractivity contribution in [2.45, 2.75) is 19.9 Å². The quantitative estimate of drug-likeness (QED) is 0.141. The fourth-order valence-electron chi connectivity index (χ4n) is 4.02. The summed E-state index contributed by atoms with van der Waals surface area (Å²) in [6.07, 6.45) is 1.62. The van der Waals surface area contributed by atoms with E-state index in [4.69, 9.17) is 21.1 Å². The largest absolute Gasteiger partial charge is 0.507 e. The number of halogens is 1. The number of methoxy groups -OCH3 is 1. The van der Waals surface area contributed by atoms with Gasteiger partial charge in [0.25, 0.3) is 5.78 Å². The summed E-state index contributed by atoms with van der Waals surface area (Å²) in [5, 5.41) is 11.9. The highest BCUT2D eigenvalue weighted by molar-refractivity contribution is 7.17.